The highest BCUT2D eigenvalue weighted by Gasteiger charge is 2.42. The van der Waals surface area contributed by atoms with Crippen molar-refractivity contribution in [3.05, 3.63) is 59.9 Å². The lowest BCUT2D eigenvalue weighted by Gasteiger charge is -2.39. The van der Waals surface area contributed by atoms with E-state index < -0.39 is 0 Å². The third-order valence-electron chi connectivity index (χ3n) is 4.84. The Labute approximate surface area is 131 Å². The fourth-order valence-electron chi connectivity index (χ4n) is 3.79. The van der Waals surface area contributed by atoms with Crippen molar-refractivity contribution in [2.75, 3.05) is 19.6 Å². The molecule has 1 spiro atoms. The number of benzene rings is 1. The summed E-state index contributed by atoms with van der Waals surface area (Å²) in [5.41, 5.74) is 2.55. The van der Waals surface area contributed by atoms with Crippen LogP contribution in [-0.2, 0) is 12.8 Å². The normalized spacial score (nSPS) is 24.2. The topological polar surface area (TPSA) is 25.4 Å². The summed E-state index contributed by atoms with van der Waals surface area (Å²) in [4.78, 5) is 6.97. The van der Waals surface area contributed by atoms with Crippen molar-refractivity contribution in [1.82, 2.24) is 9.88 Å². The Bertz CT molecular complexity index is 616. The molecule has 1 fully saturated rings. The monoisotopic (exact) mass is 294 g/mol. The summed E-state index contributed by atoms with van der Waals surface area (Å²) in [7, 11) is 0. The van der Waals surface area contributed by atoms with Crippen LogP contribution in [0.4, 0.5) is 0 Å². The Hall–Kier alpha value is -1.87. The predicted octanol–water partition coefficient (Wildman–Crippen LogP) is 3.09. The number of ether oxygens (including phenoxy) is 1. The van der Waals surface area contributed by atoms with Gasteiger partial charge in [0.25, 0.3) is 0 Å². The van der Waals surface area contributed by atoms with E-state index in [4.69, 9.17) is 4.74 Å². The summed E-state index contributed by atoms with van der Waals surface area (Å²) in [5, 5.41) is 0. The molecule has 1 saturated heterocycles. The molecule has 4 rings (SSSR count). The van der Waals surface area contributed by atoms with Crippen molar-refractivity contribution < 1.29 is 4.74 Å². The van der Waals surface area contributed by atoms with Gasteiger partial charge >= 0.3 is 0 Å². The SMILES string of the molecule is c1ccc(CCN2CCCC3(Cc4ccccc4O3)C2)nc1. The number of hydrogen-bond acceptors (Lipinski definition) is 3. The van der Waals surface area contributed by atoms with Crippen LogP contribution >= 0.6 is 0 Å². The minimum atomic E-state index is 0.00601. The first-order valence-electron chi connectivity index (χ1n) is 8.22. The summed E-state index contributed by atoms with van der Waals surface area (Å²) in [5.74, 6) is 1.09. The van der Waals surface area contributed by atoms with E-state index in [9.17, 15) is 0 Å². The molecule has 0 N–H and O–H groups in total. The van der Waals surface area contributed by atoms with Gasteiger partial charge in [0.05, 0.1) is 0 Å². The Morgan fingerprint density at radius 1 is 1.14 bits per heavy atom. The number of pyridine rings is 1. The number of hydrogen-bond donors (Lipinski definition) is 0. The number of likely N-dealkylation sites (tertiary alicyclic amines) is 1. The zero-order chi connectivity index (χ0) is 14.8. The molecule has 2 aliphatic rings. The molecule has 0 amide bonds. The van der Waals surface area contributed by atoms with Gasteiger partial charge in [-0.25, -0.2) is 0 Å². The Kier molecular flexibility index (Phi) is 3.59. The van der Waals surface area contributed by atoms with E-state index in [1.807, 2.05) is 12.3 Å². The quantitative estimate of drug-likeness (QED) is 0.870. The van der Waals surface area contributed by atoms with E-state index in [-0.39, 0.29) is 5.60 Å². The van der Waals surface area contributed by atoms with Crippen molar-refractivity contribution in [2.45, 2.75) is 31.3 Å². The van der Waals surface area contributed by atoms with Crippen LogP contribution in [0.5, 0.6) is 5.75 Å². The molecule has 1 unspecified atom stereocenters. The lowest BCUT2D eigenvalue weighted by molar-refractivity contribution is 0.00868. The largest absolute Gasteiger partial charge is 0.485 e. The average molecular weight is 294 g/mol. The van der Waals surface area contributed by atoms with Crippen molar-refractivity contribution in [3.8, 4) is 5.75 Å². The maximum Gasteiger partial charge on any atom is 0.126 e. The first kappa shape index (κ1) is 13.8. The third-order valence-corrected chi connectivity index (χ3v) is 4.84. The van der Waals surface area contributed by atoms with Crippen molar-refractivity contribution in [3.63, 3.8) is 0 Å². The second-order valence-corrected chi connectivity index (χ2v) is 6.52. The molecule has 2 aliphatic heterocycles. The Balaban J connectivity index is 1.41. The number of aromatic nitrogens is 1. The minimum Gasteiger partial charge on any atom is -0.485 e. The lowest BCUT2D eigenvalue weighted by Crippen LogP contribution is -2.51. The van der Waals surface area contributed by atoms with E-state index in [1.54, 1.807) is 0 Å². The van der Waals surface area contributed by atoms with Crippen LogP contribution in [0.25, 0.3) is 0 Å². The highest BCUT2D eigenvalue weighted by atomic mass is 16.5. The molecule has 1 aromatic carbocycles. The van der Waals surface area contributed by atoms with Crippen LogP contribution in [-0.4, -0.2) is 35.1 Å². The van der Waals surface area contributed by atoms with Gasteiger partial charge in [0.15, 0.2) is 0 Å². The summed E-state index contributed by atoms with van der Waals surface area (Å²) < 4.78 is 6.36. The number of para-hydroxylation sites is 1. The van der Waals surface area contributed by atoms with Crippen molar-refractivity contribution in [2.24, 2.45) is 0 Å². The second-order valence-electron chi connectivity index (χ2n) is 6.52. The third kappa shape index (κ3) is 2.73. The summed E-state index contributed by atoms with van der Waals surface area (Å²) in [6, 6.07) is 14.7. The Morgan fingerprint density at radius 3 is 2.91 bits per heavy atom. The number of rotatable bonds is 3. The molecular formula is C19H22N2O. The van der Waals surface area contributed by atoms with Crippen LogP contribution in [0.3, 0.4) is 0 Å². The van der Waals surface area contributed by atoms with Crippen LogP contribution in [0.2, 0.25) is 0 Å². The molecule has 22 heavy (non-hydrogen) atoms. The first-order valence-corrected chi connectivity index (χ1v) is 8.22. The Morgan fingerprint density at radius 2 is 2.05 bits per heavy atom. The predicted molar refractivity (Wildman–Crippen MR) is 87.1 cm³/mol. The fourth-order valence-corrected chi connectivity index (χ4v) is 3.79. The molecule has 114 valence electrons. The van der Waals surface area contributed by atoms with Gasteiger partial charge in [0.2, 0.25) is 0 Å². The van der Waals surface area contributed by atoms with Gasteiger partial charge in [0.1, 0.15) is 11.4 Å². The van der Waals surface area contributed by atoms with E-state index in [0.717, 1.165) is 31.7 Å². The zero-order valence-electron chi connectivity index (χ0n) is 12.9. The van der Waals surface area contributed by atoms with Gasteiger partial charge in [0, 0.05) is 37.8 Å². The second kappa shape index (κ2) is 5.73. The molecule has 0 aliphatic carbocycles. The maximum atomic E-state index is 6.36. The lowest BCUT2D eigenvalue weighted by atomic mass is 9.88. The smallest absolute Gasteiger partial charge is 0.126 e. The van der Waals surface area contributed by atoms with Crippen molar-refractivity contribution >= 4 is 0 Å². The van der Waals surface area contributed by atoms with Crippen molar-refractivity contribution in [1.29, 1.82) is 0 Å². The van der Waals surface area contributed by atoms with Gasteiger partial charge in [-0.1, -0.05) is 24.3 Å². The van der Waals surface area contributed by atoms with E-state index in [1.165, 1.54) is 30.6 Å². The molecule has 0 radical (unpaired) electrons. The van der Waals surface area contributed by atoms with Gasteiger partial charge < -0.3 is 4.74 Å². The molecule has 2 aromatic rings. The standard InChI is InChI=1S/C19H22N2O/c1-2-8-18-16(6-1)14-19(22-18)10-5-12-21(15-19)13-9-17-7-3-4-11-20-17/h1-4,6-8,11H,5,9-10,12-15H2. The molecule has 0 bridgehead atoms. The van der Waals surface area contributed by atoms with Gasteiger partial charge in [-0.2, -0.15) is 0 Å². The van der Waals surface area contributed by atoms with Crippen LogP contribution < -0.4 is 4.74 Å². The molecule has 1 aromatic heterocycles. The summed E-state index contributed by atoms with van der Waals surface area (Å²) >= 11 is 0. The molecule has 0 saturated carbocycles. The number of nitrogens with zero attached hydrogens (tertiary/aromatic N) is 2. The van der Waals surface area contributed by atoms with E-state index in [0.29, 0.717) is 0 Å². The van der Waals surface area contributed by atoms with Crippen LogP contribution in [0, 0.1) is 0 Å². The van der Waals surface area contributed by atoms with Gasteiger partial charge in [-0.05, 0) is 43.1 Å². The van der Waals surface area contributed by atoms with Gasteiger partial charge in [-0.15, -0.1) is 0 Å². The molecule has 3 heteroatoms. The van der Waals surface area contributed by atoms with E-state index in [2.05, 4.69) is 46.3 Å². The minimum absolute atomic E-state index is 0.00601. The molecule has 1 atom stereocenters. The highest BCUT2D eigenvalue weighted by Crippen LogP contribution is 2.39. The van der Waals surface area contributed by atoms with Gasteiger partial charge in [-0.3, -0.25) is 9.88 Å². The fraction of sp³-hybridized carbons (Fsp3) is 0.421. The van der Waals surface area contributed by atoms with Crippen LogP contribution in [0.15, 0.2) is 48.7 Å². The zero-order valence-corrected chi connectivity index (χ0v) is 12.9. The first-order chi connectivity index (χ1) is 10.8. The highest BCUT2D eigenvalue weighted by molar-refractivity contribution is 5.39. The van der Waals surface area contributed by atoms with E-state index >= 15 is 0 Å². The molecule has 3 heterocycles. The average Bonchev–Trinajstić information content (AvgIpc) is 2.91. The number of piperidine rings is 1. The molecular weight excluding hydrogens is 272 g/mol. The molecule has 3 nitrogen and oxygen atoms in total. The summed E-state index contributed by atoms with van der Waals surface area (Å²) in [6.07, 6.45) is 6.34. The summed E-state index contributed by atoms with van der Waals surface area (Å²) in [6.45, 7) is 3.28. The maximum absolute atomic E-state index is 6.36. The number of fused-ring (bicyclic) bond motifs is 1. The van der Waals surface area contributed by atoms with Crippen LogP contribution in [0.1, 0.15) is 24.1 Å².